The predicted molar refractivity (Wildman–Crippen MR) is 95.0 cm³/mol. The highest BCUT2D eigenvalue weighted by Gasteiger charge is 2.30. The Hall–Kier alpha value is -2.21. The lowest BCUT2D eigenvalue weighted by molar-refractivity contribution is -0.141. The molecule has 0 spiro atoms. The number of H-pyrrole nitrogens is 1. The number of amides is 1. The summed E-state index contributed by atoms with van der Waals surface area (Å²) in [6.07, 6.45) is 0.238. The van der Waals surface area contributed by atoms with Crippen molar-refractivity contribution in [2.75, 3.05) is 25.2 Å². The first-order chi connectivity index (χ1) is 11.7. The van der Waals surface area contributed by atoms with Crippen molar-refractivity contribution in [3.63, 3.8) is 0 Å². The van der Waals surface area contributed by atoms with Gasteiger partial charge in [0, 0.05) is 23.7 Å². The van der Waals surface area contributed by atoms with E-state index in [-0.39, 0.29) is 24.3 Å². The number of hydrogen-bond acceptors (Lipinski definition) is 4. The van der Waals surface area contributed by atoms with Crippen LogP contribution in [0.2, 0.25) is 0 Å². The molecule has 3 rings (SSSR count). The third kappa shape index (κ3) is 3.64. The van der Waals surface area contributed by atoms with Crippen molar-refractivity contribution in [2.45, 2.75) is 12.5 Å². The number of hydrogen-bond donors (Lipinski definition) is 1. The van der Waals surface area contributed by atoms with Crippen molar-refractivity contribution >= 4 is 23.6 Å². The number of nitrogens with one attached hydrogen (secondary N) is 1. The second-order valence-electron chi connectivity index (χ2n) is 5.66. The first kappa shape index (κ1) is 16.6. The van der Waals surface area contributed by atoms with E-state index in [9.17, 15) is 9.59 Å². The van der Waals surface area contributed by atoms with Crippen molar-refractivity contribution in [2.24, 2.45) is 0 Å². The zero-order valence-electron chi connectivity index (χ0n) is 13.5. The Labute approximate surface area is 145 Å². The molecule has 1 aromatic heterocycles. The molecule has 126 valence electrons. The molecule has 1 saturated heterocycles. The molecule has 5 nitrogen and oxygen atoms in total. The Morgan fingerprint density at radius 1 is 1.25 bits per heavy atom. The SMILES string of the molecule is COC(=O)C[C@@H]1CSCCN1C(=O)c1ccc(-c2ccccc2)[nH]1. The van der Waals surface area contributed by atoms with Crippen LogP contribution in [0, 0.1) is 0 Å². The maximum Gasteiger partial charge on any atom is 0.307 e. The minimum Gasteiger partial charge on any atom is -0.469 e. The lowest BCUT2D eigenvalue weighted by Crippen LogP contribution is -2.47. The second kappa shape index (κ2) is 7.57. The maximum absolute atomic E-state index is 12.9. The number of aromatic nitrogens is 1. The molecule has 1 atom stereocenters. The van der Waals surface area contributed by atoms with Gasteiger partial charge in [0.25, 0.3) is 5.91 Å². The molecule has 6 heteroatoms. The molecule has 0 bridgehead atoms. The summed E-state index contributed by atoms with van der Waals surface area (Å²) in [5, 5.41) is 0. The highest BCUT2D eigenvalue weighted by Crippen LogP contribution is 2.23. The van der Waals surface area contributed by atoms with E-state index in [4.69, 9.17) is 4.74 Å². The fraction of sp³-hybridized carbons (Fsp3) is 0.333. The van der Waals surface area contributed by atoms with Crippen LogP contribution in [-0.4, -0.2) is 53.0 Å². The van der Waals surface area contributed by atoms with Crippen molar-refractivity contribution in [1.29, 1.82) is 0 Å². The standard InChI is InChI=1S/C18H20N2O3S/c1-23-17(21)11-14-12-24-10-9-20(14)18(22)16-8-7-15(19-16)13-5-3-2-4-6-13/h2-8,14,19H,9-12H2,1H3/t14-/m1/s1. The molecular weight excluding hydrogens is 324 g/mol. The molecule has 24 heavy (non-hydrogen) atoms. The topological polar surface area (TPSA) is 62.4 Å². The van der Waals surface area contributed by atoms with Gasteiger partial charge in [-0.15, -0.1) is 0 Å². The van der Waals surface area contributed by atoms with E-state index in [1.807, 2.05) is 42.5 Å². The third-order valence-electron chi connectivity index (χ3n) is 4.12. The fourth-order valence-corrected chi connectivity index (χ4v) is 3.89. The van der Waals surface area contributed by atoms with Gasteiger partial charge in [-0.05, 0) is 17.7 Å². The molecule has 1 aliphatic heterocycles. The zero-order chi connectivity index (χ0) is 16.9. The number of aromatic amines is 1. The number of esters is 1. The number of carbonyl (C=O) groups excluding carboxylic acids is 2. The van der Waals surface area contributed by atoms with Crippen LogP contribution in [0.1, 0.15) is 16.9 Å². The molecule has 2 aromatic rings. The number of carbonyl (C=O) groups is 2. The molecule has 1 amide bonds. The van der Waals surface area contributed by atoms with Gasteiger partial charge in [0.05, 0.1) is 19.6 Å². The molecule has 2 heterocycles. The first-order valence-electron chi connectivity index (χ1n) is 7.89. The Bertz CT molecular complexity index is 714. The number of methoxy groups -OCH3 is 1. The van der Waals surface area contributed by atoms with Crippen molar-refractivity contribution in [3.05, 3.63) is 48.2 Å². The Morgan fingerprint density at radius 2 is 2.04 bits per heavy atom. The van der Waals surface area contributed by atoms with Gasteiger partial charge < -0.3 is 14.6 Å². The molecule has 1 aromatic carbocycles. The smallest absolute Gasteiger partial charge is 0.307 e. The van der Waals surface area contributed by atoms with E-state index in [1.54, 1.807) is 16.7 Å². The minimum absolute atomic E-state index is 0.0635. The number of nitrogens with zero attached hydrogens (tertiary/aromatic N) is 1. The molecule has 1 fully saturated rings. The molecule has 1 N–H and O–H groups in total. The third-order valence-corrected chi connectivity index (χ3v) is 5.21. The predicted octanol–water partition coefficient (Wildman–Crippen LogP) is 2.80. The number of thioether (sulfide) groups is 1. The summed E-state index contributed by atoms with van der Waals surface area (Å²) in [5.74, 6) is 1.30. The van der Waals surface area contributed by atoms with E-state index in [0.29, 0.717) is 12.2 Å². The average molecular weight is 344 g/mol. The lowest BCUT2D eigenvalue weighted by Gasteiger charge is -2.34. The van der Waals surface area contributed by atoms with E-state index in [2.05, 4.69) is 4.98 Å². The molecule has 0 saturated carbocycles. The van der Waals surface area contributed by atoms with Gasteiger partial charge in [0.15, 0.2) is 0 Å². The van der Waals surface area contributed by atoms with Crippen LogP contribution in [0.4, 0.5) is 0 Å². The van der Waals surface area contributed by atoms with Crippen LogP contribution in [0.15, 0.2) is 42.5 Å². The van der Waals surface area contributed by atoms with Gasteiger partial charge in [-0.25, -0.2) is 0 Å². The quantitative estimate of drug-likeness (QED) is 0.867. The van der Waals surface area contributed by atoms with Gasteiger partial charge in [-0.3, -0.25) is 9.59 Å². The van der Waals surface area contributed by atoms with E-state index < -0.39 is 0 Å². The number of ether oxygens (including phenoxy) is 1. The normalized spacial score (nSPS) is 17.5. The molecule has 1 aliphatic rings. The monoisotopic (exact) mass is 344 g/mol. The first-order valence-corrected chi connectivity index (χ1v) is 9.04. The largest absolute Gasteiger partial charge is 0.469 e. The summed E-state index contributed by atoms with van der Waals surface area (Å²) in [5.41, 5.74) is 2.50. The van der Waals surface area contributed by atoms with Crippen LogP contribution < -0.4 is 0 Å². The lowest BCUT2D eigenvalue weighted by atomic mass is 10.2. The average Bonchev–Trinajstić information content (AvgIpc) is 3.12. The molecule has 0 aliphatic carbocycles. The summed E-state index contributed by atoms with van der Waals surface area (Å²) >= 11 is 1.76. The second-order valence-corrected chi connectivity index (χ2v) is 6.81. The van der Waals surface area contributed by atoms with E-state index in [1.165, 1.54) is 7.11 Å². The Kier molecular flexibility index (Phi) is 5.25. The number of rotatable bonds is 4. The summed E-state index contributed by atoms with van der Waals surface area (Å²) in [7, 11) is 1.38. The Balaban J connectivity index is 1.77. The molecule has 0 unspecified atom stereocenters. The number of benzene rings is 1. The highest BCUT2D eigenvalue weighted by molar-refractivity contribution is 7.99. The van der Waals surface area contributed by atoms with Gasteiger partial charge in [0.2, 0.25) is 0 Å². The fourth-order valence-electron chi connectivity index (χ4n) is 2.83. The summed E-state index contributed by atoms with van der Waals surface area (Å²) < 4.78 is 4.75. The van der Waals surface area contributed by atoms with Gasteiger partial charge in [-0.1, -0.05) is 30.3 Å². The van der Waals surface area contributed by atoms with Crippen LogP contribution in [0.5, 0.6) is 0 Å². The Morgan fingerprint density at radius 3 is 2.79 bits per heavy atom. The summed E-state index contributed by atoms with van der Waals surface area (Å²) in [6.45, 7) is 0.644. The van der Waals surface area contributed by atoms with Crippen molar-refractivity contribution in [1.82, 2.24) is 9.88 Å². The van der Waals surface area contributed by atoms with Crippen LogP contribution >= 0.6 is 11.8 Å². The summed E-state index contributed by atoms with van der Waals surface area (Å²) in [4.78, 5) is 29.4. The summed E-state index contributed by atoms with van der Waals surface area (Å²) in [6, 6.07) is 13.5. The van der Waals surface area contributed by atoms with E-state index >= 15 is 0 Å². The van der Waals surface area contributed by atoms with Gasteiger partial charge >= 0.3 is 5.97 Å². The van der Waals surface area contributed by atoms with Crippen LogP contribution in [0.3, 0.4) is 0 Å². The maximum atomic E-state index is 12.9. The molecule has 0 radical (unpaired) electrons. The van der Waals surface area contributed by atoms with Gasteiger partial charge in [-0.2, -0.15) is 11.8 Å². The zero-order valence-corrected chi connectivity index (χ0v) is 14.3. The molecular formula is C18H20N2O3S. The van der Waals surface area contributed by atoms with Crippen molar-refractivity contribution in [3.8, 4) is 11.3 Å². The van der Waals surface area contributed by atoms with E-state index in [0.717, 1.165) is 22.8 Å². The minimum atomic E-state index is -0.281. The van der Waals surface area contributed by atoms with Crippen molar-refractivity contribution < 1.29 is 14.3 Å². The van der Waals surface area contributed by atoms with Crippen LogP contribution in [-0.2, 0) is 9.53 Å². The van der Waals surface area contributed by atoms with Gasteiger partial charge in [0.1, 0.15) is 5.69 Å². The van der Waals surface area contributed by atoms with Crippen LogP contribution in [0.25, 0.3) is 11.3 Å². The highest BCUT2D eigenvalue weighted by atomic mass is 32.2.